The normalized spacial score (nSPS) is 17.0. The van der Waals surface area contributed by atoms with Crippen molar-refractivity contribution in [1.29, 1.82) is 5.41 Å². The SMILES string of the molecule is Cc1ccnc(N2CCN(CC(C)(C)O)CC2)c1C(=N)N. The second-order valence-electron chi connectivity index (χ2n) is 6.32. The van der Waals surface area contributed by atoms with Gasteiger partial charge in [-0.15, -0.1) is 0 Å². The highest BCUT2D eigenvalue weighted by Crippen LogP contribution is 2.22. The van der Waals surface area contributed by atoms with Crippen molar-refractivity contribution in [2.45, 2.75) is 26.4 Å². The van der Waals surface area contributed by atoms with Crippen LogP contribution in [-0.4, -0.2) is 59.2 Å². The first kappa shape index (κ1) is 15.7. The number of anilines is 1. The Morgan fingerprint density at radius 1 is 1.38 bits per heavy atom. The minimum Gasteiger partial charge on any atom is -0.389 e. The molecule has 2 heterocycles. The highest BCUT2D eigenvalue weighted by atomic mass is 16.3. The number of hydrogen-bond acceptors (Lipinski definition) is 5. The number of pyridine rings is 1. The van der Waals surface area contributed by atoms with Crippen LogP contribution in [0.4, 0.5) is 5.82 Å². The van der Waals surface area contributed by atoms with Gasteiger partial charge in [-0.2, -0.15) is 0 Å². The van der Waals surface area contributed by atoms with E-state index in [9.17, 15) is 5.11 Å². The quantitative estimate of drug-likeness (QED) is 0.557. The second kappa shape index (κ2) is 5.99. The molecule has 6 heteroatoms. The number of aryl methyl sites for hydroxylation is 1. The van der Waals surface area contributed by atoms with Gasteiger partial charge in [-0.3, -0.25) is 10.3 Å². The average Bonchev–Trinajstić information content (AvgIpc) is 2.37. The maximum atomic E-state index is 9.89. The molecular formula is C15H25N5O. The minimum absolute atomic E-state index is 0.0644. The molecular weight excluding hydrogens is 266 g/mol. The van der Waals surface area contributed by atoms with Crippen LogP contribution in [0.15, 0.2) is 12.3 Å². The Kier molecular flexibility index (Phi) is 4.49. The van der Waals surface area contributed by atoms with Gasteiger partial charge in [0.15, 0.2) is 0 Å². The van der Waals surface area contributed by atoms with Crippen molar-refractivity contribution < 1.29 is 5.11 Å². The lowest BCUT2D eigenvalue weighted by Gasteiger charge is -2.38. The van der Waals surface area contributed by atoms with Gasteiger partial charge in [-0.05, 0) is 32.4 Å². The summed E-state index contributed by atoms with van der Waals surface area (Å²) in [5.74, 6) is 0.861. The number of hydrogen-bond donors (Lipinski definition) is 3. The van der Waals surface area contributed by atoms with Crippen LogP contribution in [0.3, 0.4) is 0 Å². The molecule has 1 aliphatic heterocycles. The molecule has 116 valence electrons. The molecule has 0 spiro atoms. The van der Waals surface area contributed by atoms with E-state index in [1.165, 1.54) is 0 Å². The summed E-state index contributed by atoms with van der Waals surface area (Å²) in [4.78, 5) is 8.84. The Labute approximate surface area is 126 Å². The van der Waals surface area contributed by atoms with Crippen LogP contribution in [0.5, 0.6) is 0 Å². The van der Waals surface area contributed by atoms with Gasteiger partial charge >= 0.3 is 0 Å². The molecule has 1 aromatic rings. The summed E-state index contributed by atoms with van der Waals surface area (Å²) in [6, 6.07) is 1.88. The van der Waals surface area contributed by atoms with Crippen molar-refractivity contribution in [1.82, 2.24) is 9.88 Å². The molecule has 21 heavy (non-hydrogen) atoms. The Morgan fingerprint density at radius 2 is 2.00 bits per heavy atom. The zero-order chi connectivity index (χ0) is 15.6. The summed E-state index contributed by atoms with van der Waals surface area (Å²) in [5.41, 5.74) is 6.74. The number of rotatable bonds is 4. The van der Waals surface area contributed by atoms with E-state index in [2.05, 4.69) is 14.8 Å². The summed E-state index contributed by atoms with van der Waals surface area (Å²) in [6.07, 6.45) is 1.76. The fraction of sp³-hybridized carbons (Fsp3) is 0.600. The van der Waals surface area contributed by atoms with Crippen LogP contribution >= 0.6 is 0 Å². The third-order valence-electron chi connectivity index (χ3n) is 3.69. The minimum atomic E-state index is -0.672. The maximum Gasteiger partial charge on any atom is 0.139 e. The third-order valence-corrected chi connectivity index (χ3v) is 3.69. The average molecular weight is 291 g/mol. The molecule has 2 rings (SSSR count). The number of nitrogens with one attached hydrogen (secondary N) is 1. The molecule has 1 aromatic heterocycles. The Bertz CT molecular complexity index is 515. The van der Waals surface area contributed by atoms with E-state index in [4.69, 9.17) is 11.1 Å². The molecule has 0 aliphatic carbocycles. The molecule has 0 radical (unpaired) electrons. The van der Waals surface area contributed by atoms with Crippen LogP contribution in [-0.2, 0) is 0 Å². The summed E-state index contributed by atoms with van der Waals surface area (Å²) in [7, 11) is 0. The van der Waals surface area contributed by atoms with Crippen LogP contribution in [0.25, 0.3) is 0 Å². The van der Waals surface area contributed by atoms with E-state index in [1.807, 2.05) is 26.8 Å². The number of nitrogen functional groups attached to an aromatic ring is 1. The zero-order valence-corrected chi connectivity index (χ0v) is 13.1. The van der Waals surface area contributed by atoms with Gasteiger partial charge in [0.25, 0.3) is 0 Å². The monoisotopic (exact) mass is 291 g/mol. The van der Waals surface area contributed by atoms with Gasteiger partial charge in [0.2, 0.25) is 0 Å². The van der Waals surface area contributed by atoms with Gasteiger partial charge in [-0.25, -0.2) is 4.98 Å². The second-order valence-corrected chi connectivity index (χ2v) is 6.32. The molecule has 1 aliphatic rings. The van der Waals surface area contributed by atoms with E-state index in [0.717, 1.165) is 43.1 Å². The predicted octanol–water partition coefficient (Wildman–Crippen LogP) is 0.567. The van der Waals surface area contributed by atoms with E-state index < -0.39 is 5.60 Å². The van der Waals surface area contributed by atoms with Crippen LogP contribution in [0.2, 0.25) is 0 Å². The van der Waals surface area contributed by atoms with Gasteiger partial charge in [0.1, 0.15) is 11.7 Å². The lowest BCUT2D eigenvalue weighted by molar-refractivity contribution is 0.0344. The first-order chi connectivity index (χ1) is 9.78. The van der Waals surface area contributed by atoms with Gasteiger partial charge in [0, 0.05) is 38.9 Å². The van der Waals surface area contributed by atoms with Crippen LogP contribution in [0.1, 0.15) is 25.0 Å². The van der Waals surface area contributed by atoms with Crippen molar-refractivity contribution in [2.75, 3.05) is 37.6 Å². The fourth-order valence-electron chi connectivity index (χ4n) is 2.78. The molecule has 0 unspecified atom stereocenters. The summed E-state index contributed by atoms with van der Waals surface area (Å²) >= 11 is 0. The number of piperazine rings is 1. The smallest absolute Gasteiger partial charge is 0.139 e. The number of nitrogens with two attached hydrogens (primary N) is 1. The first-order valence-electron chi connectivity index (χ1n) is 7.27. The number of aliphatic hydroxyl groups is 1. The standard InChI is InChI=1S/C15H25N5O/c1-11-4-5-18-14(12(11)13(16)17)20-8-6-19(7-9-20)10-15(2,3)21/h4-5,21H,6-10H2,1-3H3,(H3,16,17). The number of nitrogens with zero attached hydrogens (tertiary/aromatic N) is 3. The topological polar surface area (TPSA) is 89.5 Å². The molecule has 0 aromatic carbocycles. The molecule has 0 atom stereocenters. The highest BCUT2D eigenvalue weighted by molar-refractivity contribution is 6.01. The number of amidine groups is 1. The number of aromatic nitrogens is 1. The van der Waals surface area contributed by atoms with E-state index in [-0.39, 0.29) is 5.84 Å². The largest absolute Gasteiger partial charge is 0.389 e. The van der Waals surface area contributed by atoms with Gasteiger partial charge < -0.3 is 15.7 Å². The van der Waals surface area contributed by atoms with Crippen molar-refractivity contribution in [3.8, 4) is 0 Å². The summed E-state index contributed by atoms with van der Waals surface area (Å²) in [6.45, 7) is 9.67. The highest BCUT2D eigenvalue weighted by Gasteiger charge is 2.25. The molecule has 1 saturated heterocycles. The molecule has 0 saturated carbocycles. The molecule has 1 fully saturated rings. The van der Waals surface area contributed by atoms with E-state index >= 15 is 0 Å². The number of β-amino-alcohol motifs (C(OH)–C–C–N with tert-alkyl or cyclic N) is 1. The predicted molar refractivity (Wildman–Crippen MR) is 84.9 cm³/mol. The van der Waals surface area contributed by atoms with Crippen molar-refractivity contribution in [3.05, 3.63) is 23.4 Å². The van der Waals surface area contributed by atoms with Gasteiger partial charge in [-0.1, -0.05) is 0 Å². The van der Waals surface area contributed by atoms with Crippen molar-refractivity contribution >= 4 is 11.7 Å². The van der Waals surface area contributed by atoms with E-state index in [0.29, 0.717) is 6.54 Å². The first-order valence-corrected chi connectivity index (χ1v) is 7.27. The third kappa shape index (κ3) is 3.92. The van der Waals surface area contributed by atoms with Crippen LogP contribution < -0.4 is 10.6 Å². The molecule has 0 bridgehead atoms. The van der Waals surface area contributed by atoms with E-state index in [1.54, 1.807) is 6.20 Å². The molecule has 6 nitrogen and oxygen atoms in total. The molecule has 4 N–H and O–H groups in total. The Balaban J connectivity index is 2.10. The maximum absolute atomic E-state index is 9.89. The Morgan fingerprint density at radius 3 is 2.52 bits per heavy atom. The summed E-state index contributed by atoms with van der Waals surface area (Å²) in [5, 5.41) is 17.7. The van der Waals surface area contributed by atoms with Gasteiger partial charge in [0.05, 0.1) is 11.2 Å². The lowest BCUT2D eigenvalue weighted by Crippen LogP contribution is -2.51. The zero-order valence-electron chi connectivity index (χ0n) is 13.1. The summed E-state index contributed by atoms with van der Waals surface area (Å²) < 4.78 is 0. The lowest BCUT2D eigenvalue weighted by atomic mass is 10.1. The van der Waals surface area contributed by atoms with Crippen molar-refractivity contribution in [3.63, 3.8) is 0 Å². The Hall–Kier alpha value is -1.66. The fourth-order valence-corrected chi connectivity index (χ4v) is 2.78. The molecule has 0 amide bonds. The van der Waals surface area contributed by atoms with Crippen LogP contribution in [0, 0.1) is 12.3 Å². The van der Waals surface area contributed by atoms with Crippen molar-refractivity contribution in [2.24, 2.45) is 5.73 Å².